The third-order valence-corrected chi connectivity index (χ3v) is 2.78. The molecule has 0 saturated carbocycles. The fourth-order valence-electron chi connectivity index (χ4n) is 1.62. The maximum Gasteiger partial charge on any atom is 0.338 e. The van der Waals surface area contributed by atoms with Crippen LogP contribution in [-0.2, 0) is 11.3 Å². The summed E-state index contributed by atoms with van der Waals surface area (Å²) in [5.74, 6) is -1.24. The summed E-state index contributed by atoms with van der Waals surface area (Å²) in [7, 11) is 0. The molecule has 1 aromatic heterocycles. The lowest BCUT2D eigenvalue weighted by atomic mass is 10.2. The second kappa shape index (κ2) is 5.73. The number of hydrogen-bond acceptors (Lipinski definition) is 4. The molecule has 6 heteroatoms. The third-order valence-electron chi connectivity index (χ3n) is 2.78. The molecule has 20 heavy (non-hydrogen) atoms. The van der Waals surface area contributed by atoms with Gasteiger partial charge in [-0.05, 0) is 38.1 Å². The molecule has 1 aromatic carbocycles. The van der Waals surface area contributed by atoms with Crippen molar-refractivity contribution in [1.29, 1.82) is 0 Å². The number of carbonyl (C=O) groups is 1. The van der Waals surface area contributed by atoms with Crippen LogP contribution in [0.2, 0.25) is 0 Å². The quantitative estimate of drug-likeness (QED) is 0.688. The van der Waals surface area contributed by atoms with Gasteiger partial charge in [0.05, 0.1) is 16.9 Å². The first-order valence-corrected chi connectivity index (χ1v) is 6.23. The van der Waals surface area contributed by atoms with E-state index < -0.39 is 11.8 Å². The van der Waals surface area contributed by atoms with Crippen molar-refractivity contribution in [1.82, 2.24) is 9.78 Å². The molecule has 0 aliphatic rings. The molecule has 2 aromatic rings. The average molecular weight is 277 g/mol. The molecular weight excluding hydrogens is 261 g/mol. The summed E-state index contributed by atoms with van der Waals surface area (Å²) in [6.07, 6.45) is 1.82. The van der Waals surface area contributed by atoms with E-state index in [2.05, 4.69) is 5.10 Å². The molecular formula is C14H16FN3O2. The molecule has 106 valence electrons. The van der Waals surface area contributed by atoms with Gasteiger partial charge in [0.2, 0.25) is 0 Å². The van der Waals surface area contributed by atoms with Crippen molar-refractivity contribution >= 4 is 11.7 Å². The van der Waals surface area contributed by atoms with Gasteiger partial charge in [-0.15, -0.1) is 0 Å². The Balaban J connectivity index is 1.99. The van der Waals surface area contributed by atoms with Gasteiger partial charge in [-0.25, -0.2) is 9.18 Å². The van der Waals surface area contributed by atoms with E-state index in [0.717, 1.165) is 6.07 Å². The van der Waals surface area contributed by atoms with Crippen LogP contribution < -0.4 is 5.73 Å². The summed E-state index contributed by atoms with van der Waals surface area (Å²) < 4.78 is 20.1. The Bertz CT molecular complexity index is 623. The molecule has 2 rings (SSSR count). The van der Waals surface area contributed by atoms with Gasteiger partial charge in [0.1, 0.15) is 12.4 Å². The Morgan fingerprint density at radius 2 is 2.20 bits per heavy atom. The van der Waals surface area contributed by atoms with E-state index in [1.165, 1.54) is 12.1 Å². The topological polar surface area (TPSA) is 70.1 Å². The van der Waals surface area contributed by atoms with Gasteiger partial charge < -0.3 is 10.5 Å². The van der Waals surface area contributed by atoms with E-state index in [-0.39, 0.29) is 23.9 Å². The summed E-state index contributed by atoms with van der Waals surface area (Å²) in [6, 6.07) is 5.83. The zero-order valence-corrected chi connectivity index (χ0v) is 11.3. The Labute approximate surface area is 116 Å². The van der Waals surface area contributed by atoms with E-state index in [1.807, 2.05) is 20.0 Å². The van der Waals surface area contributed by atoms with E-state index in [1.54, 1.807) is 10.7 Å². The molecule has 0 saturated heterocycles. The van der Waals surface area contributed by atoms with Crippen molar-refractivity contribution in [3.05, 3.63) is 47.5 Å². The van der Waals surface area contributed by atoms with Crippen molar-refractivity contribution in [2.24, 2.45) is 0 Å². The first-order chi connectivity index (χ1) is 9.47. The number of halogens is 1. The fourth-order valence-corrected chi connectivity index (χ4v) is 1.62. The molecule has 2 N–H and O–H groups in total. The minimum atomic E-state index is -0.636. The van der Waals surface area contributed by atoms with Crippen LogP contribution in [0.25, 0.3) is 0 Å². The predicted molar refractivity (Wildman–Crippen MR) is 72.5 cm³/mol. The zero-order chi connectivity index (χ0) is 14.7. The van der Waals surface area contributed by atoms with Crippen molar-refractivity contribution in [2.75, 3.05) is 5.73 Å². The zero-order valence-electron chi connectivity index (χ0n) is 11.3. The molecule has 5 nitrogen and oxygen atoms in total. The van der Waals surface area contributed by atoms with E-state index in [0.29, 0.717) is 5.69 Å². The summed E-state index contributed by atoms with van der Waals surface area (Å²) in [5, 5.41) is 4.25. The number of rotatable bonds is 4. The monoisotopic (exact) mass is 277 g/mol. The molecule has 0 aliphatic heterocycles. The molecule has 0 bridgehead atoms. The predicted octanol–water partition coefficient (Wildman–Crippen LogP) is 2.54. The van der Waals surface area contributed by atoms with Gasteiger partial charge in [-0.3, -0.25) is 4.68 Å². The molecule has 0 fully saturated rings. The van der Waals surface area contributed by atoms with Crippen LogP contribution in [0.3, 0.4) is 0 Å². The fraction of sp³-hybridized carbons (Fsp3) is 0.286. The Morgan fingerprint density at radius 1 is 1.45 bits per heavy atom. The van der Waals surface area contributed by atoms with Crippen molar-refractivity contribution in [2.45, 2.75) is 26.5 Å². The number of aromatic nitrogens is 2. The summed E-state index contributed by atoms with van der Waals surface area (Å²) in [5.41, 5.74) is 6.11. The number of esters is 1. The normalized spacial score (nSPS) is 10.8. The SMILES string of the molecule is CC(C)n1ccc(COC(=O)c2ccc(N)c(F)c2)n1. The van der Waals surface area contributed by atoms with Gasteiger partial charge in [0.25, 0.3) is 0 Å². The van der Waals surface area contributed by atoms with Crippen LogP contribution in [0, 0.1) is 5.82 Å². The maximum absolute atomic E-state index is 13.2. The molecule has 0 unspecified atom stereocenters. The minimum Gasteiger partial charge on any atom is -0.456 e. The lowest BCUT2D eigenvalue weighted by Crippen LogP contribution is -2.07. The lowest BCUT2D eigenvalue weighted by molar-refractivity contribution is 0.0466. The van der Waals surface area contributed by atoms with E-state index >= 15 is 0 Å². The van der Waals surface area contributed by atoms with Crippen LogP contribution in [0.5, 0.6) is 0 Å². The molecule has 1 heterocycles. The van der Waals surface area contributed by atoms with Gasteiger partial charge in [0.15, 0.2) is 0 Å². The second-order valence-electron chi connectivity index (χ2n) is 4.69. The highest BCUT2D eigenvalue weighted by Crippen LogP contribution is 2.13. The number of nitrogen functional groups attached to an aromatic ring is 1. The van der Waals surface area contributed by atoms with Gasteiger partial charge >= 0.3 is 5.97 Å². The molecule has 0 amide bonds. The number of anilines is 1. The molecule has 0 aliphatic carbocycles. The van der Waals surface area contributed by atoms with Crippen LogP contribution >= 0.6 is 0 Å². The standard InChI is InChI=1S/C14H16FN3O2/c1-9(2)18-6-5-11(17-18)8-20-14(19)10-3-4-13(16)12(15)7-10/h3-7,9H,8,16H2,1-2H3. The van der Waals surface area contributed by atoms with Crippen molar-refractivity contribution in [3.63, 3.8) is 0 Å². The van der Waals surface area contributed by atoms with E-state index in [4.69, 9.17) is 10.5 Å². The highest BCUT2D eigenvalue weighted by atomic mass is 19.1. The number of nitrogens with zero attached hydrogens (tertiary/aromatic N) is 2. The van der Waals surface area contributed by atoms with Crippen LogP contribution in [0.1, 0.15) is 35.9 Å². The Kier molecular flexibility index (Phi) is 4.02. The smallest absolute Gasteiger partial charge is 0.338 e. The number of carbonyl (C=O) groups excluding carboxylic acids is 1. The number of ether oxygens (including phenoxy) is 1. The van der Waals surface area contributed by atoms with Gasteiger partial charge in [-0.2, -0.15) is 5.10 Å². The summed E-state index contributed by atoms with van der Waals surface area (Å²) in [6.45, 7) is 4.05. The Hall–Kier alpha value is -2.37. The second-order valence-corrected chi connectivity index (χ2v) is 4.69. The van der Waals surface area contributed by atoms with Crippen molar-refractivity contribution in [3.8, 4) is 0 Å². The minimum absolute atomic E-state index is 0.00257. The third kappa shape index (κ3) is 3.14. The van der Waals surface area contributed by atoms with Crippen molar-refractivity contribution < 1.29 is 13.9 Å². The molecule has 0 atom stereocenters. The maximum atomic E-state index is 13.2. The molecule has 0 spiro atoms. The first kappa shape index (κ1) is 14.0. The number of hydrogen-bond donors (Lipinski definition) is 1. The summed E-state index contributed by atoms with van der Waals surface area (Å²) >= 11 is 0. The van der Waals surface area contributed by atoms with Crippen LogP contribution in [-0.4, -0.2) is 15.7 Å². The van der Waals surface area contributed by atoms with Crippen LogP contribution in [0.4, 0.5) is 10.1 Å². The lowest BCUT2D eigenvalue weighted by Gasteiger charge is -2.05. The van der Waals surface area contributed by atoms with E-state index in [9.17, 15) is 9.18 Å². The highest BCUT2D eigenvalue weighted by Gasteiger charge is 2.11. The average Bonchev–Trinajstić information content (AvgIpc) is 2.88. The number of benzene rings is 1. The van der Waals surface area contributed by atoms with Crippen LogP contribution in [0.15, 0.2) is 30.5 Å². The Morgan fingerprint density at radius 3 is 2.80 bits per heavy atom. The first-order valence-electron chi connectivity index (χ1n) is 6.23. The van der Waals surface area contributed by atoms with Gasteiger partial charge in [0, 0.05) is 12.2 Å². The molecule has 0 radical (unpaired) electrons. The highest BCUT2D eigenvalue weighted by molar-refractivity contribution is 5.89. The summed E-state index contributed by atoms with van der Waals surface area (Å²) in [4.78, 5) is 11.8. The number of nitrogens with two attached hydrogens (primary N) is 1. The largest absolute Gasteiger partial charge is 0.456 e. The van der Waals surface area contributed by atoms with Gasteiger partial charge in [-0.1, -0.05) is 0 Å².